The molecule has 3 aliphatic heterocycles. The molecule has 0 bridgehead atoms. The highest BCUT2D eigenvalue weighted by Gasteiger charge is 2.55. The third-order valence-corrected chi connectivity index (χ3v) is 5.61. The number of carbonyl (C=O) groups is 2. The van der Waals surface area contributed by atoms with E-state index in [1.165, 1.54) is 0 Å². The van der Waals surface area contributed by atoms with Crippen LogP contribution in [0.15, 0.2) is 33.3 Å². The van der Waals surface area contributed by atoms with Crippen LogP contribution in [0.25, 0.3) is 0 Å². The molecule has 2 unspecified atom stereocenters. The number of nitrogens with zero attached hydrogens (tertiary/aromatic N) is 3. The summed E-state index contributed by atoms with van der Waals surface area (Å²) in [7, 11) is 0. The van der Waals surface area contributed by atoms with Gasteiger partial charge in [-0.05, 0) is 18.3 Å². The molecule has 0 aromatic carbocycles. The highest BCUT2D eigenvalue weighted by molar-refractivity contribution is 6.00. The number of fused-ring (bicyclic) bond motifs is 3. The van der Waals surface area contributed by atoms with Gasteiger partial charge in [0.15, 0.2) is 11.9 Å². The number of ketones is 1. The van der Waals surface area contributed by atoms with Gasteiger partial charge in [-0.1, -0.05) is 13.8 Å². The third kappa shape index (κ3) is 2.00. The molecule has 1 saturated heterocycles. The number of carbonyl (C=O) groups excluding carboxylic acids is 2. The van der Waals surface area contributed by atoms with E-state index < -0.39 is 5.41 Å². The lowest BCUT2D eigenvalue weighted by Gasteiger charge is -2.45. The van der Waals surface area contributed by atoms with Crippen molar-refractivity contribution in [2.24, 2.45) is 21.1 Å². The van der Waals surface area contributed by atoms with Gasteiger partial charge in [0.25, 0.3) is 0 Å². The topological polar surface area (TPSA) is 74.1 Å². The average molecular weight is 314 g/mol. The van der Waals surface area contributed by atoms with Gasteiger partial charge in [-0.2, -0.15) is 10.2 Å². The Bertz CT molecular complexity index is 703. The highest BCUT2D eigenvalue weighted by atomic mass is 16.2. The molecule has 23 heavy (non-hydrogen) atoms. The van der Waals surface area contributed by atoms with Crippen LogP contribution in [0.1, 0.15) is 40.0 Å². The first-order chi connectivity index (χ1) is 10.8. The number of nitrogens with one attached hydrogen (secondary N) is 1. The first-order valence-electron chi connectivity index (χ1n) is 8.22. The van der Waals surface area contributed by atoms with Crippen LogP contribution >= 0.6 is 0 Å². The fraction of sp³-hybridized carbons (Fsp3) is 0.647. The van der Waals surface area contributed by atoms with E-state index >= 15 is 0 Å². The monoisotopic (exact) mass is 314 g/mol. The Morgan fingerprint density at radius 2 is 2.17 bits per heavy atom. The molecule has 3 heterocycles. The molecule has 0 aromatic heterocycles. The summed E-state index contributed by atoms with van der Waals surface area (Å²) < 4.78 is 0. The van der Waals surface area contributed by atoms with Crippen LogP contribution in [0.3, 0.4) is 0 Å². The molecule has 1 N–H and O–H groups in total. The molecule has 1 aliphatic carbocycles. The van der Waals surface area contributed by atoms with Crippen molar-refractivity contribution < 1.29 is 9.59 Å². The predicted molar refractivity (Wildman–Crippen MR) is 84.2 cm³/mol. The summed E-state index contributed by atoms with van der Waals surface area (Å²) in [6.45, 7) is 7.11. The Morgan fingerprint density at radius 1 is 1.39 bits per heavy atom. The summed E-state index contributed by atoms with van der Waals surface area (Å²) in [6, 6.07) is 0. The van der Waals surface area contributed by atoms with E-state index in [0.29, 0.717) is 19.5 Å². The van der Waals surface area contributed by atoms with Gasteiger partial charge in [-0.15, -0.1) is 0 Å². The van der Waals surface area contributed by atoms with E-state index in [0.717, 1.165) is 29.7 Å². The SMILES string of the molecule is CC(=O)N1CCC2(C1)C1=CN=NC1NC1=C2C(=O)CC(C)(C)C1. The molecule has 1 amide bonds. The summed E-state index contributed by atoms with van der Waals surface area (Å²) in [4.78, 5) is 26.7. The molecular formula is C17H22N4O2. The second kappa shape index (κ2) is 4.52. The summed E-state index contributed by atoms with van der Waals surface area (Å²) in [5, 5.41) is 11.8. The molecule has 1 fully saturated rings. The first kappa shape index (κ1) is 14.6. The fourth-order valence-electron chi connectivity index (χ4n) is 4.61. The Labute approximate surface area is 135 Å². The Balaban J connectivity index is 1.85. The van der Waals surface area contributed by atoms with Gasteiger partial charge in [0.1, 0.15) is 0 Å². The lowest BCUT2D eigenvalue weighted by atomic mass is 9.62. The summed E-state index contributed by atoms with van der Waals surface area (Å²) in [6.07, 6.45) is 3.80. The van der Waals surface area contributed by atoms with Crippen molar-refractivity contribution in [2.45, 2.75) is 46.2 Å². The second-order valence-electron chi connectivity index (χ2n) is 7.93. The van der Waals surface area contributed by atoms with Crippen LogP contribution in [-0.4, -0.2) is 35.8 Å². The number of Topliss-reactive ketones (excluding diaryl/α,β-unsaturated/α-hetero) is 1. The number of likely N-dealkylation sites (tertiary alicyclic amines) is 1. The minimum Gasteiger partial charge on any atom is -0.362 e. The second-order valence-corrected chi connectivity index (χ2v) is 7.93. The van der Waals surface area contributed by atoms with Gasteiger partial charge in [0.05, 0.1) is 6.20 Å². The van der Waals surface area contributed by atoms with Crippen molar-refractivity contribution in [1.82, 2.24) is 10.2 Å². The maximum absolute atomic E-state index is 13.0. The predicted octanol–water partition coefficient (Wildman–Crippen LogP) is 2.15. The number of allylic oxidation sites excluding steroid dienone is 1. The van der Waals surface area contributed by atoms with Gasteiger partial charge in [-0.25, -0.2) is 0 Å². The van der Waals surface area contributed by atoms with E-state index in [-0.39, 0.29) is 23.3 Å². The van der Waals surface area contributed by atoms with Crippen LogP contribution in [0.5, 0.6) is 0 Å². The molecule has 1 spiro atoms. The number of hydrogen-bond acceptors (Lipinski definition) is 5. The molecular weight excluding hydrogens is 292 g/mol. The van der Waals surface area contributed by atoms with Gasteiger partial charge in [-0.3, -0.25) is 9.59 Å². The van der Waals surface area contributed by atoms with Crippen LogP contribution in [0.4, 0.5) is 0 Å². The summed E-state index contributed by atoms with van der Waals surface area (Å²) >= 11 is 0. The Kier molecular flexibility index (Phi) is 2.87. The average Bonchev–Trinajstić information content (AvgIpc) is 3.04. The molecule has 2 atom stereocenters. The quantitative estimate of drug-likeness (QED) is 0.744. The molecule has 0 aromatic rings. The minimum absolute atomic E-state index is 0.0417. The maximum Gasteiger partial charge on any atom is 0.219 e. The van der Waals surface area contributed by atoms with Crippen molar-refractivity contribution in [3.63, 3.8) is 0 Å². The minimum atomic E-state index is -0.395. The standard InChI is InChI=1S/C17H22N4O2/c1-10(22)21-5-4-17(9-21)11-8-18-20-15(11)19-12-6-16(2,3)7-13(23)14(12)17/h8,15,19H,4-7,9H2,1-3H3. The van der Waals surface area contributed by atoms with Crippen LogP contribution in [0, 0.1) is 10.8 Å². The van der Waals surface area contributed by atoms with Crippen LogP contribution < -0.4 is 5.32 Å². The zero-order valence-corrected chi connectivity index (χ0v) is 13.8. The van der Waals surface area contributed by atoms with Crippen LogP contribution in [-0.2, 0) is 9.59 Å². The number of azo groups is 1. The maximum atomic E-state index is 13.0. The molecule has 4 aliphatic rings. The molecule has 6 nitrogen and oxygen atoms in total. The van der Waals surface area contributed by atoms with Crippen molar-refractivity contribution >= 4 is 11.7 Å². The normalized spacial score (nSPS) is 34.4. The van der Waals surface area contributed by atoms with Crippen molar-refractivity contribution in [3.8, 4) is 0 Å². The molecule has 0 radical (unpaired) electrons. The molecule has 4 rings (SSSR count). The zero-order valence-electron chi connectivity index (χ0n) is 13.8. The molecule has 122 valence electrons. The van der Waals surface area contributed by atoms with Gasteiger partial charge in [0.2, 0.25) is 5.91 Å². The highest BCUT2D eigenvalue weighted by Crippen LogP contribution is 2.54. The number of amides is 1. The van der Waals surface area contributed by atoms with E-state index in [1.54, 1.807) is 13.1 Å². The molecule has 0 saturated carbocycles. The Hall–Kier alpha value is -1.98. The van der Waals surface area contributed by atoms with Gasteiger partial charge >= 0.3 is 0 Å². The zero-order chi connectivity index (χ0) is 16.4. The number of rotatable bonds is 0. The van der Waals surface area contributed by atoms with Crippen LogP contribution in [0.2, 0.25) is 0 Å². The van der Waals surface area contributed by atoms with Crippen molar-refractivity contribution in [2.75, 3.05) is 13.1 Å². The summed E-state index contributed by atoms with van der Waals surface area (Å²) in [5.41, 5.74) is 2.51. The summed E-state index contributed by atoms with van der Waals surface area (Å²) in [5.74, 6) is 0.274. The smallest absolute Gasteiger partial charge is 0.219 e. The largest absolute Gasteiger partial charge is 0.362 e. The van der Waals surface area contributed by atoms with Crippen molar-refractivity contribution in [3.05, 3.63) is 23.0 Å². The van der Waals surface area contributed by atoms with Gasteiger partial charge < -0.3 is 10.2 Å². The van der Waals surface area contributed by atoms with E-state index in [2.05, 4.69) is 29.4 Å². The van der Waals surface area contributed by atoms with E-state index in [4.69, 9.17) is 0 Å². The van der Waals surface area contributed by atoms with Gasteiger partial charge in [0, 0.05) is 48.7 Å². The number of hydrogen-bond donors (Lipinski definition) is 1. The third-order valence-electron chi connectivity index (χ3n) is 5.61. The van der Waals surface area contributed by atoms with E-state index in [9.17, 15) is 9.59 Å². The first-order valence-corrected chi connectivity index (χ1v) is 8.22. The van der Waals surface area contributed by atoms with E-state index in [1.807, 2.05) is 4.90 Å². The van der Waals surface area contributed by atoms with Crippen molar-refractivity contribution in [1.29, 1.82) is 0 Å². The fourth-order valence-corrected chi connectivity index (χ4v) is 4.61. The lowest BCUT2D eigenvalue weighted by molar-refractivity contribution is -0.128. The molecule has 6 heteroatoms. The lowest BCUT2D eigenvalue weighted by Crippen LogP contribution is -2.50. The Morgan fingerprint density at radius 3 is 2.87 bits per heavy atom.